The number of hydrogen-bond donors (Lipinski definition) is 3. The Kier molecular flexibility index (Phi) is 6.64. The topological polar surface area (TPSA) is 154 Å². The number of primary amides is 1. The number of nitrogens with two attached hydrogens (primary N) is 1. The molecule has 4 N–H and O–H groups in total. The lowest BCUT2D eigenvalue weighted by molar-refractivity contribution is 0.0283. The molecule has 1 saturated carbocycles. The quantitative estimate of drug-likeness (QED) is 0.449. The normalized spacial score (nSPS) is 18.4. The number of carbonyl (C=O) groups is 2. The molecule has 0 aliphatic heterocycles. The lowest BCUT2D eigenvalue weighted by Gasteiger charge is -2.29. The van der Waals surface area contributed by atoms with E-state index in [1.54, 1.807) is 36.7 Å². The van der Waals surface area contributed by atoms with Crippen molar-refractivity contribution in [1.29, 1.82) is 0 Å². The number of carbonyl (C=O) groups excluding carboxylic acids is 2. The Morgan fingerprint density at radius 2 is 1.97 bits per heavy atom. The Labute approximate surface area is 196 Å². The number of fused-ring (bicyclic) bond motifs is 1. The van der Waals surface area contributed by atoms with Crippen LogP contribution in [0.25, 0.3) is 5.52 Å². The van der Waals surface area contributed by atoms with E-state index in [2.05, 4.69) is 20.4 Å². The summed E-state index contributed by atoms with van der Waals surface area (Å²) in [6, 6.07) is 3.51. The average molecular weight is 469 g/mol. The Balaban J connectivity index is 1.33. The monoisotopic (exact) mass is 468 g/mol. The van der Waals surface area contributed by atoms with E-state index in [1.165, 1.54) is 18.7 Å². The van der Waals surface area contributed by atoms with Gasteiger partial charge in [-0.05, 0) is 51.7 Å². The molecule has 0 bridgehead atoms. The van der Waals surface area contributed by atoms with Gasteiger partial charge >= 0.3 is 0 Å². The minimum absolute atomic E-state index is 0.00213. The van der Waals surface area contributed by atoms with E-state index in [9.17, 15) is 14.7 Å². The summed E-state index contributed by atoms with van der Waals surface area (Å²) in [6.45, 7) is 3.46. The van der Waals surface area contributed by atoms with E-state index in [0.29, 0.717) is 29.7 Å². The molecular weight excluding hydrogens is 440 g/mol. The van der Waals surface area contributed by atoms with E-state index in [1.807, 2.05) is 0 Å². The highest BCUT2D eigenvalue weighted by atomic mass is 16.5. The molecule has 3 aromatic rings. The molecule has 0 saturated heterocycles. The molecule has 0 spiro atoms. The van der Waals surface area contributed by atoms with Crippen LogP contribution in [0.2, 0.25) is 0 Å². The van der Waals surface area contributed by atoms with Gasteiger partial charge in [-0.25, -0.2) is 14.5 Å². The molecule has 1 aliphatic rings. The molecule has 0 aromatic carbocycles. The van der Waals surface area contributed by atoms with Gasteiger partial charge in [0.15, 0.2) is 0 Å². The largest absolute Gasteiger partial charge is 0.489 e. The second-order valence-electron chi connectivity index (χ2n) is 9.02. The number of aromatic nitrogens is 4. The summed E-state index contributed by atoms with van der Waals surface area (Å²) in [7, 11) is 0. The molecule has 1 fully saturated rings. The second-order valence-corrected chi connectivity index (χ2v) is 9.02. The van der Waals surface area contributed by atoms with Crippen molar-refractivity contribution >= 4 is 17.3 Å². The van der Waals surface area contributed by atoms with E-state index in [4.69, 9.17) is 15.2 Å². The van der Waals surface area contributed by atoms with Gasteiger partial charge in [-0.15, -0.1) is 0 Å². The van der Waals surface area contributed by atoms with Crippen molar-refractivity contribution < 1.29 is 24.2 Å². The molecule has 180 valence electrons. The van der Waals surface area contributed by atoms with Crippen molar-refractivity contribution in [1.82, 2.24) is 24.9 Å². The number of rotatable bonds is 8. The lowest BCUT2D eigenvalue weighted by atomic mass is 9.92. The molecule has 0 unspecified atom stereocenters. The fraction of sp³-hybridized carbons (Fsp3) is 0.435. The first kappa shape index (κ1) is 23.4. The molecule has 3 heterocycles. The molecule has 11 heteroatoms. The smallest absolute Gasteiger partial charge is 0.255 e. The molecule has 34 heavy (non-hydrogen) atoms. The van der Waals surface area contributed by atoms with Gasteiger partial charge in [-0.1, -0.05) is 0 Å². The average Bonchev–Trinajstić information content (AvgIpc) is 3.22. The van der Waals surface area contributed by atoms with Gasteiger partial charge in [0.05, 0.1) is 29.1 Å². The van der Waals surface area contributed by atoms with Crippen molar-refractivity contribution in [2.75, 3.05) is 6.61 Å². The number of aliphatic hydroxyl groups is 1. The highest BCUT2D eigenvalue weighted by molar-refractivity contribution is 6.00. The van der Waals surface area contributed by atoms with Gasteiger partial charge in [0.25, 0.3) is 11.8 Å². The van der Waals surface area contributed by atoms with Crippen LogP contribution in [-0.2, 0) is 0 Å². The number of pyridine rings is 1. The van der Waals surface area contributed by atoms with Crippen LogP contribution >= 0.6 is 0 Å². The summed E-state index contributed by atoms with van der Waals surface area (Å²) in [5, 5.41) is 17.2. The zero-order valence-electron chi connectivity index (χ0n) is 19.1. The fourth-order valence-corrected chi connectivity index (χ4v) is 3.81. The van der Waals surface area contributed by atoms with Crippen LogP contribution in [0, 0.1) is 0 Å². The minimum atomic E-state index is -0.951. The Bertz CT molecular complexity index is 1180. The van der Waals surface area contributed by atoms with Crippen LogP contribution in [0.4, 0.5) is 0 Å². The maximum absolute atomic E-state index is 12.9. The predicted octanol–water partition coefficient (Wildman–Crippen LogP) is 1.49. The minimum Gasteiger partial charge on any atom is -0.489 e. The molecule has 3 aromatic heterocycles. The number of nitrogens with one attached hydrogen (secondary N) is 1. The van der Waals surface area contributed by atoms with Crippen molar-refractivity contribution in [3.8, 4) is 11.6 Å². The molecule has 4 rings (SSSR count). The number of hydrogen-bond acceptors (Lipinski definition) is 8. The number of amides is 2. The van der Waals surface area contributed by atoms with Crippen LogP contribution in [0.5, 0.6) is 11.6 Å². The Morgan fingerprint density at radius 1 is 1.21 bits per heavy atom. The summed E-state index contributed by atoms with van der Waals surface area (Å²) in [6.07, 6.45) is 8.58. The molecule has 11 nitrogen and oxygen atoms in total. The maximum Gasteiger partial charge on any atom is 0.255 e. The molecular formula is C23H28N6O5. The predicted molar refractivity (Wildman–Crippen MR) is 122 cm³/mol. The van der Waals surface area contributed by atoms with Gasteiger partial charge in [0.1, 0.15) is 30.4 Å². The summed E-state index contributed by atoms with van der Waals surface area (Å²) in [4.78, 5) is 32.2. The van der Waals surface area contributed by atoms with Crippen LogP contribution in [0.15, 0.2) is 37.1 Å². The second kappa shape index (κ2) is 9.64. The number of ether oxygens (including phenoxy) is 2. The van der Waals surface area contributed by atoms with E-state index >= 15 is 0 Å². The third kappa shape index (κ3) is 5.60. The van der Waals surface area contributed by atoms with Gasteiger partial charge in [0, 0.05) is 12.2 Å². The standard InChI is InChI=1S/C23H28N6O5/c1-23(2,32)12-33-16-7-8-19-17(10-27-29(19)11-16)21(31)28-14-3-5-15(6-4-14)34-22-18(20(24)30)9-25-13-26-22/h7-11,13-15,32H,3-6,12H2,1-2H3,(H2,24,30)(H,28,31). The van der Waals surface area contributed by atoms with Gasteiger partial charge < -0.3 is 25.6 Å². The van der Waals surface area contributed by atoms with Crippen LogP contribution in [0.3, 0.4) is 0 Å². The summed E-state index contributed by atoms with van der Waals surface area (Å²) >= 11 is 0. The Hall–Kier alpha value is -3.73. The summed E-state index contributed by atoms with van der Waals surface area (Å²) in [5.41, 5.74) is 5.69. The Morgan fingerprint density at radius 3 is 2.68 bits per heavy atom. The zero-order valence-corrected chi connectivity index (χ0v) is 19.1. The van der Waals surface area contributed by atoms with Crippen molar-refractivity contribution in [3.63, 3.8) is 0 Å². The number of nitrogens with zero attached hydrogens (tertiary/aromatic N) is 4. The van der Waals surface area contributed by atoms with Gasteiger partial charge in [0.2, 0.25) is 5.88 Å². The SMILES string of the molecule is CC(C)(O)COc1ccc2c(C(=O)NC3CCC(Oc4ncncc4C(N)=O)CC3)cnn2c1. The lowest BCUT2D eigenvalue weighted by Crippen LogP contribution is -2.39. The third-order valence-electron chi connectivity index (χ3n) is 5.55. The fourth-order valence-electron chi connectivity index (χ4n) is 3.81. The zero-order chi connectivity index (χ0) is 24.3. The first-order valence-electron chi connectivity index (χ1n) is 11.1. The van der Waals surface area contributed by atoms with Crippen molar-refractivity contribution in [2.45, 2.75) is 57.3 Å². The third-order valence-corrected chi connectivity index (χ3v) is 5.55. The highest BCUT2D eigenvalue weighted by Crippen LogP contribution is 2.25. The van der Waals surface area contributed by atoms with E-state index in [0.717, 1.165) is 12.8 Å². The molecule has 0 atom stereocenters. The molecule has 0 radical (unpaired) electrons. The van der Waals surface area contributed by atoms with Crippen molar-refractivity contribution in [3.05, 3.63) is 48.2 Å². The molecule has 2 amide bonds. The summed E-state index contributed by atoms with van der Waals surface area (Å²) in [5.74, 6) is -0.101. The summed E-state index contributed by atoms with van der Waals surface area (Å²) < 4.78 is 13.0. The van der Waals surface area contributed by atoms with Crippen LogP contribution in [0.1, 0.15) is 60.2 Å². The maximum atomic E-state index is 12.9. The van der Waals surface area contributed by atoms with Crippen LogP contribution in [-0.4, -0.2) is 60.9 Å². The highest BCUT2D eigenvalue weighted by Gasteiger charge is 2.26. The van der Waals surface area contributed by atoms with Crippen LogP contribution < -0.4 is 20.5 Å². The van der Waals surface area contributed by atoms with E-state index < -0.39 is 11.5 Å². The van der Waals surface area contributed by atoms with Gasteiger partial charge in [-0.3, -0.25) is 9.59 Å². The van der Waals surface area contributed by atoms with Gasteiger partial charge in [-0.2, -0.15) is 5.10 Å². The first-order valence-corrected chi connectivity index (χ1v) is 11.1. The van der Waals surface area contributed by atoms with Crippen molar-refractivity contribution in [2.24, 2.45) is 5.73 Å². The van der Waals surface area contributed by atoms with E-state index in [-0.39, 0.29) is 36.1 Å². The first-order chi connectivity index (χ1) is 16.2. The molecule has 1 aliphatic carbocycles.